The Hall–Kier alpha value is -3.07. The first kappa shape index (κ1) is 19.7. The largest absolute Gasteiger partial charge is 0.338 e. The van der Waals surface area contributed by atoms with Gasteiger partial charge in [-0.3, -0.25) is 19.8 Å². The van der Waals surface area contributed by atoms with Crippen LogP contribution in [0.2, 0.25) is 0 Å². The maximum absolute atomic E-state index is 12.6. The number of piperazine rings is 1. The van der Waals surface area contributed by atoms with Gasteiger partial charge in [0, 0.05) is 55.4 Å². The highest BCUT2D eigenvalue weighted by atomic mass is 16.6. The van der Waals surface area contributed by atoms with Crippen molar-refractivity contribution in [2.24, 2.45) is 0 Å². The summed E-state index contributed by atoms with van der Waals surface area (Å²) in [5, 5.41) is 13.6. The third kappa shape index (κ3) is 4.61. The Morgan fingerprint density at radius 2 is 1.79 bits per heavy atom. The molecule has 1 atom stereocenters. The maximum atomic E-state index is 12.6. The number of hydrogen-bond donors (Lipinski definition) is 1. The van der Waals surface area contributed by atoms with Gasteiger partial charge in [-0.25, -0.2) is 9.97 Å². The molecule has 0 unspecified atom stereocenters. The van der Waals surface area contributed by atoms with Crippen LogP contribution in [0.25, 0.3) is 0 Å². The van der Waals surface area contributed by atoms with Gasteiger partial charge in [-0.05, 0) is 32.9 Å². The topological polar surface area (TPSA) is 105 Å². The van der Waals surface area contributed by atoms with Crippen LogP contribution in [-0.4, -0.2) is 57.9 Å². The lowest BCUT2D eigenvalue weighted by atomic mass is 10.2. The monoisotopic (exact) mass is 384 g/mol. The molecule has 28 heavy (non-hydrogen) atoms. The van der Waals surface area contributed by atoms with Gasteiger partial charge in [0.05, 0.1) is 11.0 Å². The van der Waals surface area contributed by atoms with Gasteiger partial charge in [0.2, 0.25) is 11.9 Å². The fourth-order valence-electron chi connectivity index (χ4n) is 3.27. The van der Waals surface area contributed by atoms with Crippen molar-refractivity contribution in [1.29, 1.82) is 0 Å². The normalized spacial score (nSPS) is 15.9. The maximum Gasteiger partial charge on any atom is 0.271 e. The summed E-state index contributed by atoms with van der Waals surface area (Å²) in [5.74, 6) is 0.544. The van der Waals surface area contributed by atoms with Crippen LogP contribution in [0.1, 0.15) is 18.3 Å². The number of nitro groups is 1. The van der Waals surface area contributed by atoms with Crippen molar-refractivity contribution in [2.45, 2.75) is 26.8 Å². The highest BCUT2D eigenvalue weighted by molar-refractivity contribution is 5.94. The molecule has 0 saturated carbocycles. The van der Waals surface area contributed by atoms with Crippen molar-refractivity contribution in [2.75, 3.05) is 36.4 Å². The van der Waals surface area contributed by atoms with Crippen molar-refractivity contribution < 1.29 is 9.72 Å². The minimum absolute atomic E-state index is 0.0486. The summed E-state index contributed by atoms with van der Waals surface area (Å²) >= 11 is 0. The van der Waals surface area contributed by atoms with E-state index in [0.29, 0.717) is 18.8 Å². The molecule has 1 N–H and O–H groups in total. The first-order valence-corrected chi connectivity index (χ1v) is 9.20. The lowest BCUT2D eigenvalue weighted by molar-refractivity contribution is -0.384. The summed E-state index contributed by atoms with van der Waals surface area (Å²) in [6.45, 7) is 8.63. The number of amides is 1. The van der Waals surface area contributed by atoms with Crippen molar-refractivity contribution in [1.82, 2.24) is 14.9 Å². The van der Waals surface area contributed by atoms with Crippen LogP contribution in [0.15, 0.2) is 30.3 Å². The molecule has 1 saturated heterocycles. The van der Waals surface area contributed by atoms with E-state index < -0.39 is 4.92 Å². The van der Waals surface area contributed by atoms with Gasteiger partial charge in [0.15, 0.2) is 0 Å². The van der Waals surface area contributed by atoms with Crippen LogP contribution in [-0.2, 0) is 4.79 Å². The van der Waals surface area contributed by atoms with E-state index in [2.05, 4.69) is 25.1 Å². The number of nitrogens with zero attached hydrogens (tertiary/aromatic N) is 5. The molecule has 1 aromatic carbocycles. The van der Waals surface area contributed by atoms with Crippen molar-refractivity contribution >= 4 is 23.2 Å². The molecule has 2 aromatic rings. The first-order chi connectivity index (χ1) is 13.3. The minimum atomic E-state index is -0.479. The zero-order valence-corrected chi connectivity index (χ0v) is 16.3. The van der Waals surface area contributed by atoms with Crippen molar-refractivity contribution in [3.05, 3.63) is 51.8 Å². The number of nitro benzene ring substituents is 1. The number of carbonyl (C=O) groups is 1. The van der Waals surface area contributed by atoms with Gasteiger partial charge < -0.3 is 10.2 Å². The second-order valence-electron chi connectivity index (χ2n) is 6.95. The Bertz CT molecular complexity index is 859. The van der Waals surface area contributed by atoms with Gasteiger partial charge in [0.25, 0.3) is 5.69 Å². The van der Waals surface area contributed by atoms with Crippen LogP contribution < -0.4 is 10.2 Å². The number of aromatic nitrogens is 2. The molecule has 1 aromatic heterocycles. The van der Waals surface area contributed by atoms with E-state index in [4.69, 9.17) is 0 Å². The van der Waals surface area contributed by atoms with Crippen LogP contribution in [0.4, 0.5) is 17.3 Å². The lowest BCUT2D eigenvalue weighted by Gasteiger charge is -2.37. The summed E-state index contributed by atoms with van der Waals surface area (Å²) in [4.78, 5) is 36.2. The van der Waals surface area contributed by atoms with E-state index in [-0.39, 0.29) is 17.6 Å². The molecule has 0 bridgehead atoms. The molecule has 9 nitrogen and oxygen atoms in total. The number of hydrogen-bond acceptors (Lipinski definition) is 7. The van der Waals surface area contributed by atoms with Gasteiger partial charge >= 0.3 is 0 Å². The number of anilines is 2. The molecule has 2 heterocycles. The van der Waals surface area contributed by atoms with E-state index in [1.54, 1.807) is 12.1 Å². The highest BCUT2D eigenvalue weighted by Gasteiger charge is 2.27. The molecule has 148 valence electrons. The highest BCUT2D eigenvalue weighted by Crippen LogP contribution is 2.19. The van der Waals surface area contributed by atoms with Crippen molar-refractivity contribution in [3.8, 4) is 0 Å². The molecule has 1 fully saturated rings. The summed E-state index contributed by atoms with van der Waals surface area (Å²) in [6, 6.07) is 7.56. The molecule has 1 aliphatic rings. The third-order valence-corrected chi connectivity index (χ3v) is 4.82. The molecule has 3 rings (SSSR count). The number of rotatable bonds is 5. The number of nitrogens with one attached hydrogen (secondary N) is 1. The summed E-state index contributed by atoms with van der Waals surface area (Å²) in [6.07, 6.45) is 0. The average Bonchev–Trinajstić information content (AvgIpc) is 2.67. The molecule has 1 amide bonds. The molecular formula is C19H24N6O3. The second kappa shape index (κ2) is 8.30. The van der Waals surface area contributed by atoms with Gasteiger partial charge in [-0.2, -0.15) is 0 Å². The quantitative estimate of drug-likeness (QED) is 0.622. The average molecular weight is 384 g/mol. The summed E-state index contributed by atoms with van der Waals surface area (Å²) in [7, 11) is 0. The first-order valence-electron chi connectivity index (χ1n) is 9.20. The van der Waals surface area contributed by atoms with Crippen molar-refractivity contribution in [3.63, 3.8) is 0 Å². The number of carbonyl (C=O) groups excluding carboxylic acids is 1. The fraction of sp³-hybridized carbons (Fsp3) is 0.421. The predicted molar refractivity (Wildman–Crippen MR) is 106 cm³/mol. The standard InChI is InChI=1S/C19H24N6O3/c1-13-11-14(2)21-19(20-13)24-9-7-23(8-10-24)15(3)18(26)22-16-5-4-6-17(12-16)25(27)28/h4-6,11-12,15H,7-10H2,1-3H3,(H,22,26)/t15-/m1/s1. The SMILES string of the molecule is Cc1cc(C)nc(N2CCN([C@H](C)C(=O)Nc3cccc([N+](=O)[O-])c3)CC2)n1. The third-order valence-electron chi connectivity index (χ3n) is 4.82. The van der Waals surface area contributed by atoms with E-state index in [0.717, 1.165) is 30.4 Å². The zero-order valence-electron chi connectivity index (χ0n) is 16.3. The van der Waals surface area contributed by atoms with E-state index >= 15 is 0 Å². The van der Waals surface area contributed by atoms with Crippen LogP contribution >= 0.6 is 0 Å². The van der Waals surface area contributed by atoms with Crippen LogP contribution in [0.3, 0.4) is 0 Å². The Kier molecular flexibility index (Phi) is 5.84. The van der Waals surface area contributed by atoms with Crippen LogP contribution in [0.5, 0.6) is 0 Å². The molecule has 0 aliphatic carbocycles. The van der Waals surface area contributed by atoms with Gasteiger partial charge in [0.1, 0.15) is 0 Å². The minimum Gasteiger partial charge on any atom is -0.338 e. The lowest BCUT2D eigenvalue weighted by Crippen LogP contribution is -2.53. The van der Waals surface area contributed by atoms with Crippen LogP contribution in [0, 0.1) is 24.0 Å². The Balaban J connectivity index is 1.58. The molecular weight excluding hydrogens is 360 g/mol. The summed E-state index contributed by atoms with van der Waals surface area (Å²) < 4.78 is 0. The van der Waals surface area contributed by atoms with E-state index in [1.807, 2.05) is 26.8 Å². The van der Waals surface area contributed by atoms with Gasteiger partial charge in [-0.1, -0.05) is 6.07 Å². The van der Waals surface area contributed by atoms with E-state index in [9.17, 15) is 14.9 Å². The molecule has 1 aliphatic heterocycles. The predicted octanol–water partition coefficient (Wildman–Crippen LogP) is 2.15. The second-order valence-corrected chi connectivity index (χ2v) is 6.95. The Morgan fingerprint density at radius 3 is 2.39 bits per heavy atom. The molecule has 9 heteroatoms. The number of benzene rings is 1. The van der Waals surface area contributed by atoms with Gasteiger partial charge in [-0.15, -0.1) is 0 Å². The Labute approximate surface area is 163 Å². The Morgan fingerprint density at radius 1 is 1.14 bits per heavy atom. The zero-order chi connectivity index (χ0) is 20.3. The summed E-state index contributed by atoms with van der Waals surface area (Å²) in [5.41, 5.74) is 2.25. The van der Waals surface area contributed by atoms with E-state index in [1.165, 1.54) is 12.1 Å². The molecule has 0 spiro atoms. The number of aryl methyl sites for hydroxylation is 2. The smallest absolute Gasteiger partial charge is 0.271 e. The molecule has 0 radical (unpaired) electrons. The number of non-ortho nitro benzene ring substituents is 1. The fourth-order valence-corrected chi connectivity index (χ4v) is 3.27.